The zero-order valence-electron chi connectivity index (χ0n) is 15.3. The maximum absolute atomic E-state index is 5.33. The predicted octanol–water partition coefficient (Wildman–Crippen LogP) is 2.09. The maximum atomic E-state index is 5.33. The molecule has 2 aliphatic heterocycles. The van der Waals surface area contributed by atoms with Gasteiger partial charge in [-0.25, -0.2) is 4.98 Å². The average Bonchev–Trinajstić information content (AvgIpc) is 3.33. The molecule has 4 heterocycles. The molecule has 0 aromatic carbocycles. The van der Waals surface area contributed by atoms with Crippen LogP contribution in [0.15, 0.2) is 10.7 Å². The van der Waals surface area contributed by atoms with Crippen molar-refractivity contribution in [3.05, 3.63) is 29.5 Å². The fourth-order valence-corrected chi connectivity index (χ4v) is 4.13. The van der Waals surface area contributed by atoms with Gasteiger partial charge in [-0.2, -0.15) is 0 Å². The van der Waals surface area contributed by atoms with E-state index in [1.54, 1.807) is 6.26 Å². The molecular formula is C18H28N6O. The average molecular weight is 344 g/mol. The van der Waals surface area contributed by atoms with E-state index in [1.165, 1.54) is 38.8 Å². The van der Waals surface area contributed by atoms with Crippen molar-refractivity contribution in [2.75, 3.05) is 26.2 Å². The molecule has 25 heavy (non-hydrogen) atoms. The van der Waals surface area contributed by atoms with E-state index in [0.29, 0.717) is 5.92 Å². The van der Waals surface area contributed by atoms with Crippen LogP contribution in [0, 0.1) is 6.92 Å². The lowest BCUT2D eigenvalue weighted by molar-refractivity contribution is 0.192. The largest absolute Gasteiger partial charge is 0.449 e. The molecule has 2 saturated heterocycles. The van der Waals surface area contributed by atoms with Crippen LogP contribution < -0.4 is 0 Å². The fourth-order valence-electron chi connectivity index (χ4n) is 4.13. The molecular weight excluding hydrogens is 316 g/mol. The molecule has 0 saturated carbocycles. The number of hydrogen-bond acceptors (Lipinski definition) is 6. The van der Waals surface area contributed by atoms with Gasteiger partial charge in [0.1, 0.15) is 17.9 Å². The monoisotopic (exact) mass is 344 g/mol. The Labute approximate surface area is 149 Å². The minimum absolute atomic E-state index is 0.451. The molecule has 0 N–H and O–H groups in total. The summed E-state index contributed by atoms with van der Waals surface area (Å²) >= 11 is 0. The molecule has 0 aliphatic carbocycles. The molecule has 0 unspecified atom stereocenters. The van der Waals surface area contributed by atoms with Crippen molar-refractivity contribution in [1.82, 2.24) is 29.5 Å². The summed E-state index contributed by atoms with van der Waals surface area (Å²) in [6.45, 7) is 8.18. The lowest BCUT2D eigenvalue weighted by atomic mass is 9.97. The molecule has 0 spiro atoms. The predicted molar refractivity (Wildman–Crippen MR) is 94.0 cm³/mol. The standard InChI is InChI=1S/C18H28N6O/c1-14-19-16(13-25-14)11-24-9-5-6-15(10-24)18-21-20-17(22(18)2)12-23-7-3-4-8-23/h13,15H,3-12H2,1-2H3/t15-/m1/s1. The first-order chi connectivity index (χ1) is 12.2. The van der Waals surface area contributed by atoms with E-state index in [-0.39, 0.29) is 0 Å². The van der Waals surface area contributed by atoms with E-state index in [0.717, 1.165) is 49.4 Å². The van der Waals surface area contributed by atoms with Crippen LogP contribution in [0.2, 0.25) is 0 Å². The summed E-state index contributed by atoms with van der Waals surface area (Å²) in [4.78, 5) is 9.37. The summed E-state index contributed by atoms with van der Waals surface area (Å²) in [6.07, 6.45) is 6.77. The van der Waals surface area contributed by atoms with Gasteiger partial charge in [0.25, 0.3) is 0 Å². The molecule has 1 atom stereocenters. The Morgan fingerprint density at radius 2 is 1.88 bits per heavy atom. The van der Waals surface area contributed by atoms with Gasteiger partial charge in [0.05, 0.1) is 12.2 Å². The smallest absolute Gasteiger partial charge is 0.191 e. The first kappa shape index (κ1) is 16.7. The van der Waals surface area contributed by atoms with Crippen molar-refractivity contribution in [2.24, 2.45) is 7.05 Å². The maximum Gasteiger partial charge on any atom is 0.191 e. The molecule has 2 fully saturated rings. The zero-order chi connectivity index (χ0) is 17.2. The highest BCUT2D eigenvalue weighted by atomic mass is 16.3. The zero-order valence-corrected chi connectivity index (χ0v) is 15.3. The van der Waals surface area contributed by atoms with Crippen LogP contribution >= 0.6 is 0 Å². The second-order valence-corrected chi connectivity index (χ2v) is 7.45. The molecule has 7 heteroatoms. The van der Waals surface area contributed by atoms with Crippen molar-refractivity contribution in [1.29, 1.82) is 0 Å². The minimum Gasteiger partial charge on any atom is -0.449 e. The van der Waals surface area contributed by atoms with Gasteiger partial charge in [0, 0.05) is 33.0 Å². The van der Waals surface area contributed by atoms with Crippen LogP contribution in [0.1, 0.15) is 54.8 Å². The molecule has 0 bridgehead atoms. The molecule has 2 aromatic heterocycles. The molecule has 7 nitrogen and oxygen atoms in total. The lowest BCUT2D eigenvalue weighted by Crippen LogP contribution is -2.35. The number of oxazole rings is 1. The van der Waals surface area contributed by atoms with E-state index in [1.807, 2.05) is 6.92 Å². The van der Waals surface area contributed by atoms with Crippen molar-refractivity contribution in [3.8, 4) is 0 Å². The van der Waals surface area contributed by atoms with Crippen molar-refractivity contribution in [3.63, 3.8) is 0 Å². The van der Waals surface area contributed by atoms with Gasteiger partial charge in [-0.15, -0.1) is 10.2 Å². The summed E-state index contributed by atoms with van der Waals surface area (Å²) in [5, 5.41) is 9.04. The topological polar surface area (TPSA) is 63.2 Å². The second-order valence-electron chi connectivity index (χ2n) is 7.45. The summed E-state index contributed by atoms with van der Waals surface area (Å²) < 4.78 is 7.56. The minimum atomic E-state index is 0.451. The second kappa shape index (κ2) is 7.25. The third kappa shape index (κ3) is 3.77. The van der Waals surface area contributed by atoms with Gasteiger partial charge in [-0.05, 0) is 45.3 Å². The Kier molecular flexibility index (Phi) is 4.85. The number of nitrogens with zero attached hydrogens (tertiary/aromatic N) is 6. The Hall–Kier alpha value is -1.73. The van der Waals surface area contributed by atoms with Gasteiger partial charge in [0.2, 0.25) is 0 Å². The summed E-state index contributed by atoms with van der Waals surface area (Å²) in [7, 11) is 2.13. The van der Waals surface area contributed by atoms with Crippen molar-refractivity contribution >= 4 is 0 Å². The molecule has 2 aromatic rings. The Balaban J connectivity index is 1.41. The van der Waals surface area contributed by atoms with Crippen LogP contribution in [-0.2, 0) is 20.1 Å². The van der Waals surface area contributed by atoms with Crippen LogP contribution in [0.3, 0.4) is 0 Å². The van der Waals surface area contributed by atoms with Crippen LogP contribution in [-0.4, -0.2) is 55.7 Å². The van der Waals surface area contributed by atoms with Gasteiger partial charge in [0.15, 0.2) is 5.89 Å². The van der Waals surface area contributed by atoms with Crippen LogP contribution in [0.25, 0.3) is 0 Å². The highest BCUT2D eigenvalue weighted by Gasteiger charge is 2.27. The molecule has 2 aliphatic rings. The molecule has 0 radical (unpaired) electrons. The number of piperidine rings is 1. The lowest BCUT2D eigenvalue weighted by Gasteiger charge is -2.31. The Morgan fingerprint density at radius 3 is 2.64 bits per heavy atom. The van der Waals surface area contributed by atoms with E-state index < -0.39 is 0 Å². The van der Waals surface area contributed by atoms with Crippen molar-refractivity contribution < 1.29 is 4.42 Å². The van der Waals surface area contributed by atoms with Crippen LogP contribution in [0.5, 0.6) is 0 Å². The first-order valence-corrected chi connectivity index (χ1v) is 9.43. The van der Waals surface area contributed by atoms with Crippen LogP contribution in [0.4, 0.5) is 0 Å². The third-order valence-corrected chi connectivity index (χ3v) is 5.49. The molecule has 4 rings (SSSR count). The SMILES string of the molecule is Cc1nc(CN2CCC[C@@H](c3nnc(CN4CCCC4)n3C)C2)co1. The number of aryl methyl sites for hydroxylation is 1. The van der Waals surface area contributed by atoms with E-state index in [2.05, 4.69) is 36.6 Å². The number of rotatable bonds is 5. The Morgan fingerprint density at radius 1 is 1.08 bits per heavy atom. The quantitative estimate of drug-likeness (QED) is 0.828. The molecule has 136 valence electrons. The summed E-state index contributed by atoms with van der Waals surface area (Å²) in [6, 6.07) is 0. The van der Waals surface area contributed by atoms with Gasteiger partial charge < -0.3 is 8.98 Å². The number of likely N-dealkylation sites (tertiary alicyclic amines) is 2. The van der Waals surface area contributed by atoms with E-state index >= 15 is 0 Å². The fraction of sp³-hybridized carbons (Fsp3) is 0.722. The summed E-state index contributed by atoms with van der Waals surface area (Å²) in [5.41, 5.74) is 1.02. The third-order valence-electron chi connectivity index (χ3n) is 5.49. The number of hydrogen-bond donors (Lipinski definition) is 0. The highest BCUT2D eigenvalue weighted by molar-refractivity contribution is 5.05. The molecule has 0 amide bonds. The van der Waals surface area contributed by atoms with Gasteiger partial charge in [-0.1, -0.05) is 0 Å². The Bertz CT molecular complexity index is 702. The summed E-state index contributed by atoms with van der Waals surface area (Å²) in [5.74, 6) is 3.42. The number of aromatic nitrogens is 4. The van der Waals surface area contributed by atoms with Gasteiger partial charge in [-0.3, -0.25) is 9.80 Å². The van der Waals surface area contributed by atoms with Crippen molar-refractivity contribution in [2.45, 2.75) is 51.6 Å². The first-order valence-electron chi connectivity index (χ1n) is 9.43. The van der Waals surface area contributed by atoms with Gasteiger partial charge >= 0.3 is 0 Å². The normalized spacial score (nSPS) is 22.7. The van der Waals surface area contributed by atoms with E-state index in [9.17, 15) is 0 Å². The van der Waals surface area contributed by atoms with E-state index in [4.69, 9.17) is 4.42 Å². The highest BCUT2D eigenvalue weighted by Crippen LogP contribution is 2.27.